The fraction of sp³-hybridized carbons (Fsp3) is 0.462. The van der Waals surface area contributed by atoms with Crippen molar-refractivity contribution in [3.8, 4) is 11.8 Å². The first-order valence-electron chi connectivity index (χ1n) is 6.36. The molecule has 2 aromatic heterocycles. The van der Waals surface area contributed by atoms with Gasteiger partial charge >= 0.3 is 0 Å². The fourth-order valence-electron chi connectivity index (χ4n) is 1.54. The molecule has 0 aliphatic heterocycles. The summed E-state index contributed by atoms with van der Waals surface area (Å²) in [6.45, 7) is 7.93. The maximum atomic E-state index is 5.46. The van der Waals surface area contributed by atoms with E-state index >= 15 is 0 Å². The second-order valence-electron chi connectivity index (χ2n) is 4.88. The van der Waals surface area contributed by atoms with Gasteiger partial charge in [-0.3, -0.25) is 5.10 Å². The first kappa shape index (κ1) is 13.5. The van der Waals surface area contributed by atoms with Gasteiger partial charge in [0, 0.05) is 24.4 Å². The summed E-state index contributed by atoms with van der Waals surface area (Å²) in [5, 5.41) is 18.2. The van der Waals surface area contributed by atoms with Crippen LogP contribution in [0.5, 0.6) is 11.8 Å². The van der Waals surface area contributed by atoms with Crippen LogP contribution >= 0.6 is 0 Å². The summed E-state index contributed by atoms with van der Waals surface area (Å²) in [4.78, 5) is 0. The molecule has 2 aromatic rings. The van der Waals surface area contributed by atoms with Crippen molar-refractivity contribution in [3.63, 3.8) is 0 Å². The minimum absolute atomic E-state index is 0.444. The topological polar surface area (TPSA) is 75.7 Å². The molecular weight excluding hydrogens is 242 g/mol. The van der Waals surface area contributed by atoms with E-state index in [2.05, 4.69) is 39.6 Å². The van der Waals surface area contributed by atoms with Crippen molar-refractivity contribution in [2.24, 2.45) is 5.92 Å². The number of H-pyrrole nitrogens is 1. The Hall–Kier alpha value is -1.95. The van der Waals surface area contributed by atoms with Gasteiger partial charge in [-0.25, -0.2) is 0 Å². The number of nitrogens with zero attached hydrogens (tertiary/aromatic N) is 3. The largest absolute Gasteiger partial charge is 0.417 e. The third kappa shape index (κ3) is 4.33. The number of aryl methyl sites for hydroxylation is 1. The molecule has 0 fully saturated rings. The zero-order valence-corrected chi connectivity index (χ0v) is 11.5. The zero-order valence-electron chi connectivity index (χ0n) is 11.5. The number of nitrogens with one attached hydrogen (secondary N) is 2. The van der Waals surface area contributed by atoms with E-state index in [4.69, 9.17) is 4.74 Å². The Kier molecular flexibility index (Phi) is 4.46. The number of hydrogen-bond acceptors (Lipinski definition) is 5. The number of aromatic amines is 1. The van der Waals surface area contributed by atoms with Crippen LogP contribution in [0.15, 0.2) is 18.2 Å². The first-order valence-corrected chi connectivity index (χ1v) is 6.36. The van der Waals surface area contributed by atoms with E-state index in [0.29, 0.717) is 24.2 Å². The predicted octanol–water partition coefficient (Wildman–Crippen LogP) is 2.05. The highest BCUT2D eigenvalue weighted by Gasteiger charge is 2.03. The average molecular weight is 261 g/mol. The normalized spacial score (nSPS) is 10.9. The van der Waals surface area contributed by atoms with E-state index in [9.17, 15) is 0 Å². The molecule has 102 valence electrons. The molecule has 0 amide bonds. The highest BCUT2D eigenvalue weighted by atomic mass is 16.5. The Morgan fingerprint density at radius 1 is 1.26 bits per heavy atom. The Morgan fingerprint density at radius 2 is 2.11 bits per heavy atom. The van der Waals surface area contributed by atoms with E-state index in [-0.39, 0.29) is 0 Å². The standard InChI is InChI=1S/C13H19N5O/c1-9(2)7-14-8-11-4-5-12(17-16-11)19-13-6-10(3)15-18-13/h4-6,9,14H,7-8H2,1-3H3,(H,15,18). The number of rotatable bonds is 6. The van der Waals surface area contributed by atoms with E-state index < -0.39 is 0 Å². The molecule has 0 saturated carbocycles. The summed E-state index contributed by atoms with van der Waals surface area (Å²) >= 11 is 0. The number of ether oxygens (including phenoxy) is 1. The molecule has 2 N–H and O–H groups in total. The molecule has 0 unspecified atom stereocenters. The molecule has 0 aliphatic rings. The molecule has 0 radical (unpaired) electrons. The van der Waals surface area contributed by atoms with Gasteiger partial charge in [0.2, 0.25) is 11.8 Å². The monoisotopic (exact) mass is 261 g/mol. The van der Waals surface area contributed by atoms with Crippen molar-refractivity contribution in [2.75, 3.05) is 6.54 Å². The average Bonchev–Trinajstić information content (AvgIpc) is 2.77. The van der Waals surface area contributed by atoms with Gasteiger partial charge in [0.05, 0.1) is 5.69 Å². The summed E-state index contributed by atoms with van der Waals surface area (Å²) in [6, 6.07) is 5.50. The lowest BCUT2D eigenvalue weighted by Gasteiger charge is -2.06. The van der Waals surface area contributed by atoms with E-state index in [1.54, 1.807) is 12.1 Å². The van der Waals surface area contributed by atoms with Crippen LogP contribution in [0.4, 0.5) is 0 Å². The lowest BCUT2D eigenvalue weighted by Crippen LogP contribution is -2.19. The summed E-state index contributed by atoms with van der Waals surface area (Å²) in [5.41, 5.74) is 1.84. The van der Waals surface area contributed by atoms with Crippen LogP contribution in [0.3, 0.4) is 0 Å². The van der Waals surface area contributed by atoms with Gasteiger partial charge in [-0.15, -0.1) is 10.2 Å². The lowest BCUT2D eigenvalue weighted by atomic mass is 10.2. The fourth-order valence-corrected chi connectivity index (χ4v) is 1.54. The molecule has 0 aliphatic carbocycles. The van der Waals surface area contributed by atoms with Gasteiger partial charge in [-0.2, -0.15) is 5.10 Å². The summed E-state index contributed by atoms with van der Waals surface area (Å²) in [7, 11) is 0. The van der Waals surface area contributed by atoms with Gasteiger partial charge in [-0.05, 0) is 25.5 Å². The van der Waals surface area contributed by atoms with Gasteiger partial charge in [0.15, 0.2) is 0 Å². The van der Waals surface area contributed by atoms with E-state index in [1.165, 1.54) is 0 Å². The van der Waals surface area contributed by atoms with Crippen molar-refractivity contribution in [2.45, 2.75) is 27.3 Å². The third-order valence-electron chi connectivity index (χ3n) is 2.45. The van der Waals surface area contributed by atoms with Crippen molar-refractivity contribution < 1.29 is 4.74 Å². The Balaban J connectivity index is 1.87. The van der Waals surface area contributed by atoms with Crippen LogP contribution in [0.1, 0.15) is 25.2 Å². The minimum Gasteiger partial charge on any atom is -0.417 e. The lowest BCUT2D eigenvalue weighted by molar-refractivity contribution is 0.434. The quantitative estimate of drug-likeness (QED) is 0.832. The van der Waals surface area contributed by atoms with E-state index in [1.807, 2.05) is 13.0 Å². The molecule has 0 spiro atoms. The van der Waals surface area contributed by atoms with Crippen LogP contribution in [0.2, 0.25) is 0 Å². The SMILES string of the molecule is Cc1cc(Oc2ccc(CNCC(C)C)nn2)n[nH]1. The van der Waals surface area contributed by atoms with Crippen LogP contribution in [-0.4, -0.2) is 26.9 Å². The second kappa shape index (κ2) is 6.29. The van der Waals surface area contributed by atoms with Crippen molar-refractivity contribution in [3.05, 3.63) is 29.6 Å². The van der Waals surface area contributed by atoms with Gasteiger partial charge in [-0.1, -0.05) is 13.8 Å². The summed E-state index contributed by atoms with van der Waals surface area (Å²) in [6.07, 6.45) is 0. The van der Waals surface area contributed by atoms with Gasteiger partial charge in [0.25, 0.3) is 0 Å². The summed E-state index contributed by atoms with van der Waals surface area (Å²) in [5.74, 6) is 1.56. The van der Waals surface area contributed by atoms with Gasteiger partial charge in [0.1, 0.15) is 0 Å². The van der Waals surface area contributed by atoms with Crippen LogP contribution < -0.4 is 10.1 Å². The third-order valence-corrected chi connectivity index (χ3v) is 2.45. The molecule has 0 aromatic carbocycles. The maximum absolute atomic E-state index is 5.46. The van der Waals surface area contributed by atoms with Gasteiger partial charge < -0.3 is 10.1 Å². The highest BCUT2D eigenvalue weighted by Crippen LogP contribution is 2.16. The van der Waals surface area contributed by atoms with E-state index in [0.717, 1.165) is 17.9 Å². The Labute approximate surface area is 112 Å². The van der Waals surface area contributed by atoms with Crippen LogP contribution in [-0.2, 0) is 6.54 Å². The van der Waals surface area contributed by atoms with Crippen molar-refractivity contribution in [1.82, 2.24) is 25.7 Å². The Morgan fingerprint density at radius 3 is 2.68 bits per heavy atom. The molecule has 19 heavy (non-hydrogen) atoms. The molecule has 6 nitrogen and oxygen atoms in total. The van der Waals surface area contributed by atoms with Crippen molar-refractivity contribution in [1.29, 1.82) is 0 Å². The number of aromatic nitrogens is 4. The predicted molar refractivity (Wildman–Crippen MR) is 72.0 cm³/mol. The second-order valence-corrected chi connectivity index (χ2v) is 4.88. The smallest absolute Gasteiger partial charge is 0.240 e. The zero-order chi connectivity index (χ0) is 13.7. The minimum atomic E-state index is 0.444. The molecular formula is C13H19N5O. The van der Waals surface area contributed by atoms with Crippen LogP contribution in [0.25, 0.3) is 0 Å². The molecule has 0 bridgehead atoms. The highest BCUT2D eigenvalue weighted by molar-refractivity contribution is 5.20. The molecule has 2 rings (SSSR count). The maximum Gasteiger partial charge on any atom is 0.240 e. The molecule has 6 heteroatoms. The number of hydrogen-bond donors (Lipinski definition) is 2. The molecule has 0 saturated heterocycles. The van der Waals surface area contributed by atoms with Crippen LogP contribution in [0, 0.1) is 12.8 Å². The molecule has 0 atom stereocenters. The van der Waals surface area contributed by atoms with Crippen molar-refractivity contribution >= 4 is 0 Å². The Bertz CT molecular complexity index is 506. The summed E-state index contributed by atoms with van der Waals surface area (Å²) < 4.78 is 5.46. The molecule has 2 heterocycles. The first-order chi connectivity index (χ1) is 9.13.